The number of rotatable bonds is 7. The Morgan fingerprint density at radius 2 is 1.79 bits per heavy atom. The number of amides is 1. The van der Waals surface area contributed by atoms with Crippen LogP contribution in [-0.2, 0) is 11.3 Å². The summed E-state index contributed by atoms with van der Waals surface area (Å²) >= 11 is 0. The molecule has 0 fully saturated rings. The Balaban J connectivity index is 1.40. The number of para-hydroxylation sites is 2. The minimum atomic E-state index is -0.622. The second-order valence-electron chi connectivity index (χ2n) is 8.20. The molecule has 0 aliphatic carbocycles. The van der Waals surface area contributed by atoms with Gasteiger partial charge in [-0.2, -0.15) is 10.1 Å². The van der Waals surface area contributed by atoms with Crippen LogP contribution < -0.4 is 10.3 Å². The number of nitrogens with one attached hydrogen (secondary N) is 1. The largest absolute Gasteiger partial charge is 0.389 e. The fraction of sp³-hybridized carbons (Fsp3) is 0.148. The SMILES string of the molecule is CC1=NN(c2ccccc2)C(=O)C1=Cc1cn(CC(O)CNc2ccccn2)c2ccccc12. The highest BCUT2D eigenvalue weighted by Crippen LogP contribution is 2.28. The number of benzene rings is 2. The topological polar surface area (TPSA) is 82.8 Å². The highest BCUT2D eigenvalue weighted by molar-refractivity contribution is 6.32. The van der Waals surface area contributed by atoms with Gasteiger partial charge in [0.1, 0.15) is 5.82 Å². The highest BCUT2D eigenvalue weighted by atomic mass is 16.3. The van der Waals surface area contributed by atoms with Gasteiger partial charge in [-0.15, -0.1) is 0 Å². The molecule has 5 rings (SSSR count). The summed E-state index contributed by atoms with van der Waals surface area (Å²) in [7, 11) is 0. The van der Waals surface area contributed by atoms with Crippen molar-refractivity contribution in [1.29, 1.82) is 0 Å². The molecule has 0 saturated heterocycles. The van der Waals surface area contributed by atoms with E-state index in [0.717, 1.165) is 28.0 Å². The Bertz CT molecular complexity index is 1380. The molecule has 1 unspecified atom stereocenters. The van der Waals surface area contributed by atoms with Gasteiger partial charge in [0.25, 0.3) is 5.91 Å². The number of hydrogen-bond donors (Lipinski definition) is 2. The third-order valence-corrected chi connectivity index (χ3v) is 5.77. The van der Waals surface area contributed by atoms with Crippen LogP contribution in [0.4, 0.5) is 11.5 Å². The Kier molecular flexibility index (Phi) is 5.93. The summed E-state index contributed by atoms with van der Waals surface area (Å²) in [4.78, 5) is 17.4. The maximum absolute atomic E-state index is 13.1. The van der Waals surface area contributed by atoms with Gasteiger partial charge in [0.15, 0.2) is 0 Å². The van der Waals surface area contributed by atoms with Gasteiger partial charge >= 0.3 is 0 Å². The molecule has 4 aromatic rings. The van der Waals surface area contributed by atoms with Crippen LogP contribution in [0.1, 0.15) is 12.5 Å². The minimum Gasteiger partial charge on any atom is -0.389 e. The summed E-state index contributed by atoms with van der Waals surface area (Å²) < 4.78 is 2.02. The molecule has 7 heteroatoms. The Morgan fingerprint density at radius 3 is 2.59 bits per heavy atom. The molecule has 1 aliphatic rings. The molecule has 1 amide bonds. The smallest absolute Gasteiger partial charge is 0.280 e. The minimum absolute atomic E-state index is 0.153. The third kappa shape index (κ3) is 4.33. The molecule has 170 valence electrons. The van der Waals surface area contributed by atoms with Gasteiger partial charge in [-0.1, -0.05) is 42.5 Å². The number of hydrazone groups is 1. The summed E-state index contributed by atoms with van der Waals surface area (Å²) in [5.41, 5.74) is 3.87. The predicted molar refractivity (Wildman–Crippen MR) is 136 cm³/mol. The van der Waals surface area contributed by atoms with Crippen molar-refractivity contribution in [3.63, 3.8) is 0 Å². The average molecular weight is 452 g/mol. The quantitative estimate of drug-likeness (QED) is 0.410. The van der Waals surface area contributed by atoms with Crippen molar-refractivity contribution in [3.8, 4) is 0 Å². The summed E-state index contributed by atoms with van der Waals surface area (Å²) in [5.74, 6) is 0.571. The second-order valence-corrected chi connectivity index (χ2v) is 8.20. The van der Waals surface area contributed by atoms with E-state index in [1.54, 1.807) is 6.20 Å². The third-order valence-electron chi connectivity index (χ3n) is 5.77. The number of fused-ring (bicyclic) bond motifs is 1. The van der Waals surface area contributed by atoms with E-state index >= 15 is 0 Å². The molecule has 3 heterocycles. The number of anilines is 2. The number of hydrogen-bond acceptors (Lipinski definition) is 5. The molecule has 1 aliphatic heterocycles. The summed E-state index contributed by atoms with van der Waals surface area (Å²) in [5, 5.41) is 20.7. The molecule has 0 radical (unpaired) electrons. The van der Waals surface area contributed by atoms with Crippen LogP contribution in [0.25, 0.3) is 17.0 Å². The monoisotopic (exact) mass is 451 g/mol. The maximum atomic E-state index is 13.1. The summed E-state index contributed by atoms with van der Waals surface area (Å²) in [6, 6.07) is 23.0. The van der Waals surface area contributed by atoms with Gasteiger partial charge in [0, 0.05) is 35.4 Å². The fourth-order valence-corrected chi connectivity index (χ4v) is 4.11. The van der Waals surface area contributed by atoms with Crippen molar-refractivity contribution in [2.75, 3.05) is 16.9 Å². The molecular weight excluding hydrogens is 426 g/mol. The molecule has 2 aromatic carbocycles. The highest BCUT2D eigenvalue weighted by Gasteiger charge is 2.29. The van der Waals surface area contributed by atoms with Crippen molar-refractivity contribution in [3.05, 3.63) is 96.3 Å². The summed E-state index contributed by atoms with van der Waals surface area (Å²) in [6.45, 7) is 2.62. The van der Waals surface area contributed by atoms with Gasteiger partial charge in [0.05, 0.1) is 29.6 Å². The van der Waals surface area contributed by atoms with Gasteiger partial charge in [0.2, 0.25) is 0 Å². The van der Waals surface area contributed by atoms with Gasteiger partial charge in [-0.25, -0.2) is 4.98 Å². The van der Waals surface area contributed by atoms with Gasteiger partial charge in [-0.3, -0.25) is 4.79 Å². The van der Waals surface area contributed by atoms with E-state index in [-0.39, 0.29) is 5.91 Å². The number of pyridine rings is 1. The number of aliphatic hydroxyl groups excluding tert-OH is 1. The lowest BCUT2D eigenvalue weighted by Gasteiger charge is -2.14. The standard InChI is InChI=1S/C27H25N5O2/c1-19-24(27(34)32(30-19)21-9-3-2-4-10-21)15-20-17-31(25-12-6-5-11-23(20)25)18-22(33)16-29-26-13-7-8-14-28-26/h2-15,17,22,33H,16,18H2,1H3,(H,28,29). The number of nitrogens with zero attached hydrogens (tertiary/aromatic N) is 4. The van der Waals surface area contributed by atoms with E-state index < -0.39 is 6.10 Å². The van der Waals surface area contributed by atoms with Crippen molar-refractivity contribution < 1.29 is 9.90 Å². The van der Waals surface area contributed by atoms with E-state index in [9.17, 15) is 9.90 Å². The van der Waals surface area contributed by atoms with Crippen LogP contribution in [0.2, 0.25) is 0 Å². The van der Waals surface area contributed by atoms with E-state index in [0.29, 0.717) is 24.4 Å². The predicted octanol–water partition coefficient (Wildman–Crippen LogP) is 4.32. The molecule has 2 aromatic heterocycles. The molecule has 1 atom stereocenters. The molecule has 7 nitrogen and oxygen atoms in total. The first-order chi connectivity index (χ1) is 16.6. The number of aliphatic hydroxyl groups is 1. The Labute approximate surface area is 197 Å². The lowest BCUT2D eigenvalue weighted by molar-refractivity contribution is -0.114. The van der Waals surface area contributed by atoms with Crippen molar-refractivity contribution >= 4 is 40.1 Å². The fourth-order valence-electron chi connectivity index (χ4n) is 4.11. The molecule has 0 saturated carbocycles. The van der Waals surface area contributed by atoms with Crippen LogP contribution in [-0.4, -0.2) is 38.9 Å². The van der Waals surface area contributed by atoms with Crippen LogP contribution in [0.15, 0.2) is 95.9 Å². The number of carbonyl (C=O) groups is 1. The van der Waals surface area contributed by atoms with Crippen molar-refractivity contribution in [2.45, 2.75) is 19.6 Å². The summed E-state index contributed by atoms with van der Waals surface area (Å²) in [6.07, 6.45) is 4.96. The van der Waals surface area contributed by atoms with Crippen LogP contribution in [0.5, 0.6) is 0 Å². The zero-order chi connectivity index (χ0) is 23.5. The van der Waals surface area contributed by atoms with E-state index in [2.05, 4.69) is 15.4 Å². The lowest BCUT2D eigenvalue weighted by atomic mass is 10.1. The molecule has 0 spiro atoms. The molecule has 34 heavy (non-hydrogen) atoms. The lowest BCUT2D eigenvalue weighted by Crippen LogP contribution is -2.24. The van der Waals surface area contributed by atoms with Gasteiger partial charge in [-0.05, 0) is 43.3 Å². The molecule has 2 N–H and O–H groups in total. The van der Waals surface area contributed by atoms with E-state index in [1.165, 1.54) is 5.01 Å². The van der Waals surface area contributed by atoms with E-state index in [4.69, 9.17) is 0 Å². The van der Waals surface area contributed by atoms with Crippen LogP contribution in [0.3, 0.4) is 0 Å². The normalized spacial score (nSPS) is 15.7. The van der Waals surface area contributed by atoms with Crippen LogP contribution >= 0.6 is 0 Å². The molecule has 0 bridgehead atoms. The Morgan fingerprint density at radius 1 is 1.03 bits per heavy atom. The Hall–Kier alpha value is -4.23. The van der Waals surface area contributed by atoms with Gasteiger partial charge < -0.3 is 15.0 Å². The number of aromatic nitrogens is 2. The van der Waals surface area contributed by atoms with Crippen molar-refractivity contribution in [1.82, 2.24) is 9.55 Å². The zero-order valence-corrected chi connectivity index (χ0v) is 18.8. The maximum Gasteiger partial charge on any atom is 0.280 e. The van der Waals surface area contributed by atoms with Crippen molar-refractivity contribution in [2.24, 2.45) is 5.10 Å². The molecular formula is C27H25N5O2. The first-order valence-corrected chi connectivity index (χ1v) is 11.2. The average Bonchev–Trinajstić information content (AvgIpc) is 3.36. The number of carbonyl (C=O) groups excluding carboxylic acids is 1. The van der Waals surface area contributed by atoms with E-state index in [1.807, 2.05) is 96.6 Å². The zero-order valence-electron chi connectivity index (χ0n) is 18.8. The first-order valence-electron chi connectivity index (χ1n) is 11.2. The first kappa shape index (κ1) is 21.6. The van der Waals surface area contributed by atoms with Crippen LogP contribution in [0, 0.1) is 0 Å². The second kappa shape index (κ2) is 9.33.